The number of hydrogen-bond donors (Lipinski definition) is 2. The Morgan fingerprint density at radius 1 is 1.16 bits per heavy atom. The van der Waals surface area contributed by atoms with Gasteiger partial charge in [-0.15, -0.1) is 0 Å². The Morgan fingerprint density at radius 3 is 2.56 bits per heavy atom. The minimum atomic E-state index is -3.36. The van der Waals surface area contributed by atoms with Crippen molar-refractivity contribution < 1.29 is 8.42 Å². The number of sulfonamides is 1. The molecule has 2 atom stereocenters. The van der Waals surface area contributed by atoms with Gasteiger partial charge in [0, 0.05) is 29.8 Å². The van der Waals surface area contributed by atoms with E-state index in [0.29, 0.717) is 10.8 Å². The highest BCUT2D eigenvalue weighted by molar-refractivity contribution is 7.92. The van der Waals surface area contributed by atoms with Crippen molar-refractivity contribution in [1.29, 1.82) is 0 Å². The summed E-state index contributed by atoms with van der Waals surface area (Å²) in [5.74, 6) is 0. The maximum atomic E-state index is 11.7. The monoisotopic (exact) mass is 469 g/mol. The van der Waals surface area contributed by atoms with Gasteiger partial charge in [-0.1, -0.05) is 6.07 Å². The number of anilines is 2. The van der Waals surface area contributed by atoms with Crippen molar-refractivity contribution in [2.45, 2.75) is 38.9 Å². The lowest BCUT2D eigenvalue weighted by Gasteiger charge is -2.30. The fourth-order valence-electron chi connectivity index (χ4n) is 4.17. The highest BCUT2D eigenvalue weighted by Gasteiger charge is 2.42. The van der Waals surface area contributed by atoms with E-state index in [1.165, 1.54) is 0 Å². The van der Waals surface area contributed by atoms with E-state index in [4.69, 9.17) is 12.2 Å². The standard InChI is InChI=1S/C23H27N5O2S2/c1-15(2)27-13-7-9-20(27)22-21(19-8-5-6-12-24-19)25-23(31)28(22)17-10-11-18(16(3)14-17)26-32(4,29)30/h5-15,21-22,26H,1-4H3,(H,25,31)/t21-,22+/m0/s1. The molecule has 1 aliphatic heterocycles. The quantitative estimate of drug-likeness (QED) is 0.524. The van der Waals surface area contributed by atoms with Gasteiger partial charge in [0.15, 0.2) is 5.11 Å². The third-order valence-corrected chi connectivity index (χ3v) is 6.46. The first-order valence-corrected chi connectivity index (χ1v) is 12.7. The highest BCUT2D eigenvalue weighted by atomic mass is 32.2. The lowest BCUT2D eigenvalue weighted by molar-refractivity contribution is 0.497. The summed E-state index contributed by atoms with van der Waals surface area (Å²) in [6.07, 6.45) is 5.02. The predicted molar refractivity (Wildman–Crippen MR) is 132 cm³/mol. The van der Waals surface area contributed by atoms with E-state index < -0.39 is 10.0 Å². The molecule has 0 unspecified atom stereocenters. The third-order valence-electron chi connectivity index (χ3n) is 5.55. The molecule has 4 rings (SSSR count). The fourth-order valence-corrected chi connectivity index (χ4v) is 5.15. The van der Waals surface area contributed by atoms with Crippen molar-refractivity contribution in [3.63, 3.8) is 0 Å². The van der Waals surface area contributed by atoms with E-state index >= 15 is 0 Å². The first-order chi connectivity index (χ1) is 15.2. The van der Waals surface area contributed by atoms with E-state index in [1.54, 1.807) is 12.3 Å². The number of aryl methyl sites for hydroxylation is 1. The third kappa shape index (κ3) is 4.35. The van der Waals surface area contributed by atoms with E-state index in [0.717, 1.165) is 28.9 Å². The summed E-state index contributed by atoms with van der Waals surface area (Å²) in [6, 6.07) is 15.7. The number of nitrogens with one attached hydrogen (secondary N) is 2. The molecule has 1 aromatic carbocycles. The minimum absolute atomic E-state index is 0.122. The molecule has 0 bridgehead atoms. The van der Waals surface area contributed by atoms with Gasteiger partial charge in [-0.2, -0.15) is 0 Å². The highest BCUT2D eigenvalue weighted by Crippen LogP contribution is 2.42. The normalized spacial score (nSPS) is 18.8. The van der Waals surface area contributed by atoms with Crippen LogP contribution < -0.4 is 14.9 Å². The molecule has 0 aliphatic carbocycles. The van der Waals surface area contributed by atoms with Crippen LogP contribution in [0.1, 0.15) is 48.9 Å². The van der Waals surface area contributed by atoms with Crippen molar-refractivity contribution in [2.24, 2.45) is 0 Å². The van der Waals surface area contributed by atoms with Crippen LogP contribution in [0, 0.1) is 6.92 Å². The second-order valence-corrected chi connectivity index (χ2v) is 10.4. The molecule has 0 spiro atoms. The van der Waals surface area contributed by atoms with Gasteiger partial charge in [-0.3, -0.25) is 9.71 Å². The van der Waals surface area contributed by atoms with Gasteiger partial charge < -0.3 is 14.8 Å². The number of hydrogen-bond acceptors (Lipinski definition) is 4. The molecule has 1 fully saturated rings. The summed E-state index contributed by atoms with van der Waals surface area (Å²) in [7, 11) is -3.36. The summed E-state index contributed by atoms with van der Waals surface area (Å²) < 4.78 is 28.2. The zero-order valence-electron chi connectivity index (χ0n) is 18.5. The molecule has 1 saturated heterocycles. The molecule has 1 aliphatic rings. The van der Waals surface area contributed by atoms with E-state index in [-0.39, 0.29) is 18.1 Å². The van der Waals surface area contributed by atoms with Crippen LogP contribution in [0.2, 0.25) is 0 Å². The van der Waals surface area contributed by atoms with Crippen molar-refractivity contribution in [1.82, 2.24) is 14.9 Å². The molecule has 168 valence electrons. The van der Waals surface area contributed by atoms with E-state index in [1.807, 2.05) is 37.3 Å². The molecular formula is C23H27N5O2S2. The zero-order chi connectivity index (χ0) is 23.0. The largest absolute Gasteiger partial charge is 0.351 e. The summed E-state index contributed by atoms with van der Waals surface area (Å²) in [5.41, 5.74) is 4.29. The van der Waals surface area contributed by atoms with Crippen molar-refractivity contribution in [3.8, 4) is 0 Å². The number of rotatable bonds is 6. The van der Waals surface area contributed by atoms with Crippen LogP contribution in [0.5, 0.6) is 0 Å². The topological polar surface area (TPSA) is 79.3 Å². The Kier molecular flexibility index (Phi) is 5.96. The molecule has 7 nitrogen and oxygen atoms in total. The van der Waals surface area contributed by atoms with Gasteiger partial charge in [0.1, 0.15) is 6.04 Å². The first kappa shape index (κ1) is 22.3. The second kappa shape index (κ2) is 8.55. The SMILES string of the molecule is Cc1cc(N2C(=S)N[C@@H](c3ccccn3)[C@H]2c2cccn2C(C)C)ccc1NS(C)(=O)=O. The first-order valence-electron chi connectivity index (χ1n) is 10.4. The average Bonchev–Trinajstić information content (AvgIpc) is 3.33. The Bertz CT molecular complexity index is 1240. The van der Waals surface area contributed by atoms with Crippen LogP contribution in [0.3, 0.4) is 0 Å². The number of nitrogens with zero attached hydrogens (tertiary/aromatic N) is 3. The molecule has 0 saturated carbocycles. The number of benzene rings is 1. The van der Waals surface area contributed by atoms with E-state index in [9.17, 15) is 8.42 Å². The summed E-state index contributed by atoms with van der Waals surface area (Å²) in [4.78, 5) is 6.69. The van der Waals surface area contributed by atoms with Crippen LogP contribution in [0.15, 0.2) is 60.9 Å². The van der Waals surface area contributed by atoms with Crippen LogP contribution in [-0.2, 0) is 10.0 Å². The van der Waals surface area contributed by atoms with Crippen LogP contribution >= 0.6 is 12.2 Å². The Hall–Kier alpha value is -2.91. The van der Waals surface area contributed by atoms with Gasteiger partial charge in [-0.05, 0) is 81.0 Å². The van der Waals surface area contributed by atoms with Crippen LogP contribution in [0.25, 0.3) is 0 Å². The fraction of sp³-hybridized carbons (Fsp3) is 0.304. The smallest absolute Gasteiger partial charge is 0.229 e. The molecule has 9 heteroatoms. The minimum Gasteiger partial charge on any atom is -0.351 e. The summed E-state index contributed by atoms with van der Waals surface area (Å²) in [5, 5.41) is 4.07. The lowest BCUT2D eigenvalue weighted by Crippen LogP contribution is -2.30. The number of thiocarbonyl (C=S) groups is 1. The predicted octanol–water partition coefficient (Wildman–Crippen LogP) is 4.32. The van der Waals surface area contributed by atoms with Crippen molar-refractivity contribution >= 4 is 38.7 Å². The van der Waals surface area contributed by atoms with Gasteiger partial charge >= 0.3 is 0 Å². The maximum Gasteiger partial charge on any atom is 0.229 e. The van der Waals surface area contributed by atoms with Gasteiger partial charge in [0.2, 0.25) is 10.0 Å². The van der Waals surface area contributed by atoms with Crippen molar-refractivity contribution in [2.75, 3.05) is 15.9 Å². The molecular weight excluding hydrogens is 442 g/mol. The number of aromatic nitrogens is 2. The van der Waals surface area contributed by atoms with Crippen LogP contribution in [0.4, 0.5) is 11.4 Å². The number of pyridine rings is 1. The van der Waals surface area contributed by atoms with Gasteiger partial charge in [0.25, 0.3) is 0 Å². The Morgan fingerprint density at radius 2 is 1.94 bits per heavy atom. The Balaban J connectivity index is 1.82. The molecule has 3 aromatic rings. The molecule has 2 N–H and O–H groups in total. The summed E-state index contributed by atoms with van der Waals surface area (Å²) in [6.45, 7) is 6.19. The van der Waals surface area contributed by atoms with Gasteiger partial charge in [0.05, 0.1) is 23.7 Å². The Labute approximate surface area is 194 Å². The zero-order valence-corrected chi connectivity index (χ0v) is 20.1. The van der Waals surface area contributed by atoms with E-state index in [2.05, 4.69) is 56.7 Å². The van der Waals surface area contributed by atoms with Crippen molar-refractivity contribution in [3.05, 3.63) is 77.9 Å². The van der Waals surface area contributed by atoms with Crippen LogP contribution in [-0.4, -0.2) is 29.3 Å². The second-order valence-electron chi connectivity index (χ2n) is 8.30. The summed E-state index contributed by atoms with van der Waals surface area (Å²) >= 11 is 5.79. The average molecular weight is 470 g/mol. The molecule has 2 aromatic heterocycles. The van der Waals surface area contributed by atoms with Gasteiger partial charge in [-0.25, -0.2) is 8.42 Å². The molecule has 32 heavy (non-hydrogen) atoms. The maximum absolute atomic E-state index is 11.7. The molecule has 0 amide bonds. The molecule has 0 radical (unpaired) electrons. The molecule has 3 heterocycles. The lowest BCUT2D eigenvalue weighted by atomic mass is 10.00.